The molecule has 1 aromatic heterocycles. The maximum absolute atomic E-state index is 6.10. The molecule has 1 fully saturated rings. The van der Waals surface area contributed by atoms with Crippen LogP contribution in [0.1, 0.15) is 43.5 Å². The number of hydrogen-bond donors (Lipinski definition) is 1. The first-order chi connectivity index (χ1) is 7.70. The van der Waals surface area contributed by atoms with Crippen LogP contribution in [0.5, 0.6) is 0 Å². The number of hydrogen-bond acceptors (Lipinski definition) is 2. The third-order valence-corrected chi connectivity index (χ3v) is 5.84. The fraction of sp³-hybridized carbons (Fsp3) is 0.667. The Kier molecular flexibility index (Phi) is 4.71. The summed E-state index contributed by atoms with van der Waals surface area (Å²) < 4.78 is 1.90. The van der Waals surface area contributed by atoms with E-state index in [4.69, 9.17) is 11.6 Å². The molecule has 1 saturated carbocycles. The summed E-state index contributed by atoms with van der Waals surface area (Å²) in [5.41, 5.74) is 0. The Morgan fingerprint density at radius 2 is 2.38 bits per heavy atom. The van der Waals surface area contributed by atoms with Crippen molar-refractivity contribution in [1.29, 1.82) is 0 Å². The lowest BCUT2D eigenvalue weighted by Gasteiger charge is -2.29. The first-order valence-corrected chi connectivity index (χ1v) is 7.87. The van der Waals surface area contributed by atoms with Crippen molar-refractivity contribution in [3.05, 3.63) is 19.8 Å². The van der Waals surface area contributed by atoms with Gasteiger partial charge < -0.3 is 5.32 Å². The van der Waals surface area contributed by atoms with Crippen LogP contribution >= 0.6 is 38.9 Å². The van der Waals surface area contributed by atoms with Crippen LogP contribution in [0.2, 0.25) is 4.34 Å². The average Bonchev–Trinajstić information content (AvgIpc) is 2.51. The third kappa shape index (κ3) is 3.00. The highest BCUT2D eigenvalue weighted by Gasteiger charge is 2.24. The van der Waals surface area contributed by atoms with E-state index in [9.17, 15) is 0 Å². The lowest BCUT2D eigenvalue weighted by Crippen LogP contribution is -2.25. The Morgan fingerprint density at radius 1 is 1.62 bits per heavy atom. The van der Waals surface area contributed by atoms with E-state index in [1.54, 1.807) is 11.3 Å². The molecule has 2 rings (SSSR count). The average molecular weight is 323 g/mol. The summed E-state index contributed by atoms with van der Waals surface area (Å²) in [6.07, 6.45) is 5.49. The van der Waals surface area contributed by atoms with Gasteiger partial charge in [-0.2, -0.15) is 0 Å². The molecule has 1 heterocycles. The molecular formula is C12H17BrClNS. The highest BCUT2D eigenvalue weighted by molar-refractivity contribution is 9.10. The van der Waals surface area contributed by atoms with Gasteiger partial charge in [0.05, 0.1) is 0 Å². The predicted octanol–water partition coefficient (Wildman–Crippen LogP) is 5.00. The largest absolute Gasteiger partial charge is 0.310 e. The second-order valence-corrected chi connectivity index (χ2v) is 6.95. The minimum Gasteiger partial charge on any atom is -0.310 e. The molecule has 0 spiro atoms. The SMILES string of the molecule is CCNC(CC1CCC1)c1cc(Br)c(Cl)s1. The zero-order chi connectivity index (χ0) is 11.5. The van der Waals surface area contributed by atoms with Crippen molar-refractivity contribution in [1.82, 2.24) is 5.32 Å². The van der Waals surface area contributed by atoms with Crippen LogP contribution in [0, 0.1) is 5.92 Å². The van der Waals surface area contributed by atoms with Crippen LogP contribution in [-0.4, -0.2) is 6.54 Å². The molecule has 1 aromatic rings. The van der Waals surface area contributed by atoms with E-state index in [1.165, 1.54) is 30.6 Å². The predicted molar refractivity (Wildman–Crippen MR) is 75.4 cm³/mol. The smallest absolute Gasteiger partial charge is 0.107 e. The van der Waals surface area contributed by atoms with Gasteiger partial charge in [0.15, 0.2) is 0 Å². The molecule has 0 saturated heterocycles. The van der Waals surface area contributed by atoms with E-state index in [1.807, 2.05) is 0 Å². The van der Waals surface area contributed by atoms with Gasteiger partial charge in [-0.3, -0.25) is 0 Å². The lowest BCUT2D eigenvalue weighted by atomic mass is 9.80. The quantitative estimate of drug-likeness (QED) is 0.804. The highest BCUT2D eigenvalue weighted by atomic mass is 79.9. The van der Waals surface area contributed by atoms with Crippen molar-refractivity contribution >= 4 is 38.9 Å². The van der Waals surface area contributed by atoms with Gasteiger partial charge in [0.1, 0.15) is 4.34 Å². The van der Waals surface area contributed by atoms with Crippen molar-refractivity contribution < 1.29 is 0 Å². The molecule has 1 nitrogen and oxygen atoms in total. The number of halogens is 2. The Balaban J connectivity index is 2.04. The van der Waals surface area contributed by atoms with Gasteiger partial charge in [-0.1, -0.05) is 37.8 Å². The standard InChI is InChI=1S/C12H17BrClNS/c1-2-15-10(6-8-4-3-5-8)11-7-9(13)12(14)16-11/h7-8,10,15H,2-6H2,1H3. The Morgan fingerprint density at radius 3 is 2.81 bits per heavy atom. The summed E-state index contributed by atoms with van der Waals surface area (Å²) in [7, 11) is 0. The molecule has 1 aliphatic carbocycles. The van der Waals surface area contributed by atoms with Crippen LogP contribution < -0.4 is 5.32 Å². The molecule has 16 heavy (non-hydrogen) atoms. The fourth-order valence-electron chi connectivity index (χ4n) is 2.14. The van der Waals surface area contributed by atoms with Gasteiger partial charge in [0, 0.05) is 15.4 Å². The van der Waals surface area contributed by atoms with Crippen molar-refractivity contribution in [3.63, 3.8) is 0 Å². The van der Waals surface area contributed by atoms with Gasteiger partial charge >= 0.3 is 0 Å². The molecule has 1 atom stereocenters. The number of nitrogens with one attached hydrogen (secondary N) is 1. The molecule has 0 aliphatic heterocycles. The molecule has 0 bridgehead atoms. The van der Waals surface area contributed by atoms with E-state index in [-0.39, 0.29) is 0 Å². The topological polar surface area (TPSA) is 12.0 Å². The van der Waals surface area contributed by atoms with Gasteiger partial charge in [0.25, 0.3) is 0 Å². The maximum Gasteiger partial charge on any atom is 0.107 e. The van der Waals surface area contributed by atoms with Gasteiger partial charge in [-0.25, -0.2) is 0 Å². The Labute approximate surface area is 115 Å². The van der Waals surface area contributed by atoms with E-state index < -0.39 is 0 Å². The maximum atomic E-state index is 6.10. The van der Waals surface area contributed by atoms with Crippen LogP contribution in [0.4, 0.5) is 0 Å². The van der Waals surface area contributed by atoms with Crippen molar-refractivity contribution in [2.24, 2.45) is 5.92 Å². The van der Waals surface area contributed by atoms with Gasteiger partial charge in [0.2, 0.25) is 0 Å². The molecule has 1 N–H and O–H groups in total. The van der Waals surface area contributed by atoms with E-state index in [0.717, 1.165) is 21.3 Å². The summed E-state index contributed by atoms with van der Waals surface area (Å²) in [5, 5.41) is 3.57. The Hall–Kier alpha value is 0.430. The first kappa shape index (κ1) is 12.9. The zero-order valence-corrected chi connectivity index (χ0v) is 12.6. The normalized spacial score (nSPS) is 18.4. The second kappa shape index (κ2) is 5.85. The molecule has 90 valence electrons. The fourth-order valence-corrected chi connectivity index (χ4v) is 3.97. The minimum atomic E-state index is 0.490. The molecule has 1 aliphatic rings. The molecule has 0 radical (unpaired) electrons. The first-order valence-electron chi connectivity index (χ1n) is 5.88. The monoisotopic (exact) mass is 321 g/mol. The lowest BCUT2D eigenvalue weighted by molar-refractivity contribution is 0.264. The van der Waals surface area contributed by atoms with Crippen LogP contribution in [0.25, 0.3) is 0 Å². The van der Waals surface area contributed by atoms with Crippen molar-refractivity contribution in [2.75, 3.05) is 6.54 Å². The van der Waals surface area contributed by atoms with E-state index in [0.29, 0.717) is 6.04 Å². The molecule has 1 unspecified atom stereocenters. The number of rotatable bonds is 5. The van der Waals surface area contributed by atoms with Crippen LogP contribution in [0.15, 0.2) is 10.5 Å². The Bertz CT molecular complexity index is 329. The third-order valence-electron chi connectivity index (χ3n) is 3.25. The van der Waals surface area contributed by atoms with Gasteiger partial charge in [-0.05, 0) is 40.9 Å². The van der Waals surface area contributed by atoms with Crippen LogP contribution in [-0.2, 0) is 0 Å². The summed E-state index contributed by atoms with van der Waals surface area (Å²) in [4.78, 5) is 1.37. The number of thiophene rings is 1. The van der Waals surface area contributed by atoms with Crippen molar-refractivity contribution in [3.8, 4) is 0 Å². The highest BCUT2D eigenvalue weighted by Crippen LogP contribution is 2.40. The molecular weight excluding hydrogens is 306 g/mol. The summed E-state index contributed by atoms with van der Waals surface area (Å²) in [5.74, 6) is 0.920. The van der Waals surface area contributed by atoms with Crippen molar-refractivity contribution in [2.45, 2.75) is 38.6 Å². The minimum absolute atomic E-state index is 0.490. The molecule has 0 amide bonds. The zero-order valence-electron chi connectivity index (χ0n) is 9.43. The van der Waals surface area contributed by atoms with Crippen LogP contribution in [0.3, 0.4) is 0 Å². The molecule has 0 aromatic carbocycles. The summed E-state index contributed by atoms with van der Waals surface area (Å²) >= 11 is 11.3. The summed E-state index contributed by atoms with van der Waals surface area (Å²) in [6.45, 7) is 3.18. The van der Waals surface area contributed by atoms with E-state index >= 15 is 0 Å². The van der Waals surface area contributed by atoms with Gasteiger partial charge in [-0.15, -0.1) is 11.3 Å². The molecule has 4 heteroatoms. The summed E-state index contributed by atoms with van der Waals surface area (Å²) in [6, 6.07) is 2.66. The second-order valence-electron chi connectivity index (χ2n) is 4.41. The van der Waals surface area contributed by atoms with E-state index in [2.05, 4.69) is 34.2 Å².